The number of hydrogen-bond acceptors (Lipinski definition) is 4. The van der Waals surface area contributed by atoms with Crippen LogP contribution in [0, 0.1) is 0 Å². The molecule has 0 unspecified atom stereocenters. The van der Waals surface area contributed by atoms with Gasteiger partial charge in [0.05, 0.1) is 5.56 Å². The molecule has 0 spiro atoms. The van der Waals surface area contributed by atoms with Crippen LogP contribution in [0.2, 0.25) is 0 Å². The molecule has 1 heterocycles. The number of carbonyl (C=O) groups excluding carboxylic acids is 2. The van der Waals surface area contributed by atoms with Crippen LogP contribution in [0.1, 0.15) is 23.2 Å². The summed E-state index contributed by atoms with van der Waals surface area (Å²) < 4.78 is 5.19. The first-order chi connectivity index (χ1) is 7.81. The molecule has 1 N–H and O–H groups in total. The first-order valence-corrected chi connectivity index (χ1v) is 5.30. The summed E-state index contributed by atoms with van der Waals surface area (Å²) in [4.78, 5) is 22.4. The van der Waals surface area contributed by atoms with Crippen molar-refractivity contribution in [3.05, 3.63) is 29.8 Å². The minimum absolute atomic E-state index is 0.236. The number of benzene rings is 1. The van der Waals surface area contributed by atoms with E-state index in [1.807, 2.05) is 0 Å². The van der Waals surface area contributed by atoms with Gasteiger partial charge in [-0.1, -0.05) is 12.1 Å². The van der Waals surface area contributed by atoms with Gasteiger partial charge in [-0.3, -0.25) is 4.79 Å². The van der Waals surface area contributed by atoms with Crippen molar-refractivity contribution in [2.75, 3.05) is 6.54 Å². The van der Waals surface area contributed by atoms with Gasteiger partial charge in [-0.05, 0) is 31.5 Å². The highest BCUT2D eigenvalue weighted by molar-refractivity contribution is 5.84. The Morgan fingerprint density at radius 2 is 2.25 bits per heavy atom. The smallest absolute Gasteiger partial charge is 0.328 e. The van der Waals surface area contributed by atoms with Crippen molar-refractivity contribution in [1.82, 2.24) is 5.32 Å². The molecule has 0 saturated carbocycles. The topological polar surface area (TPSA) is 55.4 Å². The Kier molecular flexibility index (Phi) is 3.31. The summed E-state index contributed by atoms with van der Waals surface area (Å²) in [6, 6.07) is 6.47. The zero-order valence-electron chi connectivity index (χ0n) is 8.81. The third-order valence-corrected chi connectivity index (χ3v) is 2.60. The zero-order chi connectivity index (χ0) is 11.4. The molecule has 0 aromatic heterocycles. The van der Waals surface area contributed by atoms with E-state index >= 15 is 0 Å². The van der Waals surface area contributed by atoms with E-state index in [1.165, 1.54) is 0 Å². The molecule has 0 radical (unpaired) electrons. The molecule has 1 fully saturated rings. The van der Waals surface area contributed by atoms with Gasteiger partial charge in [-0.25, -0.2) is 4.79 Å². The maximum absolute atomic E-state index is 11.7. The summed E-state index contributed by atoms with van der Waals surface area (Å²) >= 11 is 0. The number of nitrogens with one attached hydrogen (secondary N) is 1. The van der Waals surface area contributed by atoms with E-state index in [0.29, 0.717) is 17.6 Å². The lowest BCUT2D eigenvalue weighted by molar-refractivity contribution is -0.136. The van der Waals surface area contributed by atoms with Gasteiger partial charge in [-0.2, -0.15) is 0 Å². The summed E-state index contributed by atoms with van der Waals surface area (Å²) in [5, 5.41) is 3.05. The van der Waals surface area contributed by atoms with Crippen molar-refractivity contribution in [2.24, 2.45) is 0 Å². The fourth-order valence-corrected chi connectivity index (χ4v) is 1.74. The van der Waals surface area contributed by atoms with E-state index in [0.717, 1.165) is 19.4 Å². The summed E-state index contributed by atoms with van der Waals surface area (Å²) in [5.74, 6) is 0.0167. The lowest BCUT2D eigenvalue weighted by Gasteiger charge is -2.10. The van der Waals surface area contributed by atoms with Gasteiger partial charge in [0, 0.05) is 0 Å². The van der Waals surface area contributed by atoms with Gasteiger partial charge in [0.25, 0.3) is 0 Å². The van der Waals surface area contributed by atoms with Gasteiger partial charge in [0.15, 0.2) is 6.29 Å². The molecule has 1 aromatic carbocycles. The monoisotopic (exact) mass is 219 g/mol. The van der Waals surface area contributed by atoms with Crippen molar-refractivity contribution in [2.45, 2.75) is 18.9 Å². The van der Waals surface area contributed by atoms with Crippen LogP contribution in [-0.4, -0.2) is 24.8 Å². The van der Waals surface area contributed by atoms with Gasteiger partial charge in [0.1, 0.15) is 11.8 Å². The van der Waals surface area contributed by atoms with E-state index < -0.39 is 0 Å². The van der Waals surface area contributed by atoms with E-state index in [4.69, 9.17) is 4.74 Å². The second-order valence-corrected chi connectivity index (χ2v) is 3.73. The lowest BCUT2D eigenvalue weighted by atomic mass is 10.2. The SMILES string of the molecule is O=Cc1ccccc1OC(=O)[C@@H]1CCCN1. The molecule has 0 amide bonds. The molecule has 1 aliphatic heterocycles. The van der Waals surface area contributed by atoms with Crippen molar-refractivity contribution >= 4 is 12.3 Å². The lowest BCUT2D eigenvalue weighted by Crippen LogP contribution is -2.34. The van der Waals surface area contributed by atoms with E-state index in [1.54, 1.807) is 24.3 Å². The number of para-hydroxylation sites is 1. The molecule has 0 aliphatic carbocycles. The van der Waals surface area contributed by atoms with Crippen LogP contribution in [-0.2, 0) is 4.79 Å². The predicted octanol–water partition coefficient (Wildman–Crippen LogP) is 1.16. The van der Waals surface area contributed by atoms with Gasteiger partial charge >= 0.3 is 5.97 Å². The molecule has 16 heavy (non-hydrogen) atoms. The number of carbonyl (C=O) groups is 2. The number of esters is 1. The maximum atomic E-state index is 11.7. The molecule has 4 nitrogen and oxygen atoms in total. The average Bonchev–Trinajstić information content (AvgIpc) is 2.83. The molecular formula is C12H13NO3. The van der Waals surface area contributed by atoms with Crippen molar-refractivity contribution in [3.8, 4) is 5.75 Å². The predicted molar refractivity (Wildman–Crippen MR) is 58.5 cm³/mol. The fraction of sp³-hybridized carbons (Fsp3) is 0.333. The Bertz CT molecular complexity index is 397. The molecule has 1 aromatic rings. The van der Waals surface area contributed by atoms with Gasteiger partial charge in [0.2, 0.25) is 0 Å². The van der Waals surface area contributed by atoms with Crippen LogP contribution < -0.4 is 10.1 Å². The molecule has 1 saturated heterocycles. The molecule has 1 atom stereocenters. The quantitative estimate of drug-likeness (QED) is 0.471. The van der Waals surface area contributed by atoms with Crippen molar-refractivity contribution < 1.29 is 14.3 Å². The zero-order valence-corrected chi connectivity index (χ0v) is 8.81. The van der Waals surface area contributed by atoms with Crippen LogP contribution in [0.5, 0.6) is 5.75 Å². The summed E-state index contributed by atoms with van der Waals surface area (Å²) in [7, 11) is 0. The van der Waals surface area contributed by atoms with Gasteiger partial charge < -0.3 is 10.1 Å². The first kappa shape index (κ1) is 10.8. The fourth-order valence-electron chi connectivity index (χ4n) is 1.74. The molecule has 4 heteroatoms. The number of aldehydes is 1. The second-order valence-electron chi connectivity index (χ2n) is 3.73. The Balaban J connectivity index is 2.07. The highest BCUT2D eigenvalue weighted by Gasteiger charge is 2.24. The minimum Gasteiger partial charge on any atom is -0.425 e. The third-order valence-electron chi connectivity index (χ3n) is 2.60. The van der Waals surface area contributed by atoms with E-state index in [-0.39, 0.29) is 12.0 Å². The van der Waals surface area contributed by atoms with Crippen molar-refractivity contribution in [3.63, 3.8) is 0 Å². The summed E-state index contributed by atoms with van der Waals surface area (Å²) in [6.45, 7) is 0.842. The van der Waals surface area contributed by atoms with Crippen LogP contribution in [0.4, 0.5) is 0 Å². The molecule has 1 aliphatic rings. The maximum Gasteiger partial charge on any atom is 0.328 e. The molecular weight excluding hydrogens is 206 g/mol. The molecule has 0 bridgehead atoms. The number of rotatable bonds is 3. The number of hydrogen-bond donors (Lipinski definition) is 1. The summed E-state index contributed by atoms with van der Waals surface area (Å²) in [5.41, 5.74) is 0.397. The largest absolute Gasteiger partial charge is 0.425 e. The Hall–Kier alpha value is -1.68. The average molecular weight is 219 g/mol. The van der Waals surface area contributed by atoms with Crippen LogP contribution in [0.25, 0.3) is 0 Å². The number of ether oxygens (including phenoxy) is 1. The van der Waals surface area contributed by atoms with Gasteiger partial charge in [-0.15, -0.1) is 0 Å². The second kappa shape index (κ2) is 4.90. The van der Waals surface area contributed by atoms with E-state index in [2.05, 4.69) is 5.32 Å². The molecule has 2 rings (SSSR count). The third kappa shape index (κ3) is 2.28. The van der Waals surface area contributed by atoms with Crippen LogP contribution in [0.15, 0.2) is 24.3 Å². The van der Waals surface area contributed by atoms with Crippen LogP contribution >= 0.6 is 0 Å². The Morgan fingerprint density at radius 1 is 1.44 bits per heavy atom. The van der Waals surface area contributed by atoms with Crippen molar-refractivity contribution in [1.29, 1.82) is 0 Å². The Labute approximate surface area is 93.6 Å². The minimum atomic E-state index is -0.313. The highest BCUT2D eigenvalue weighted by Crippen LogP contribution is 2.17. The van der Waals surface area contributed by atoms with E-state index in [9.17, 15) is 9.59 Å². The summed E-state index contributed by atoms with van der Waals surface area (Å²) in [6.07, 6.45) is 2.46. The highest BCUT2D eigenvalue weighted by atomic mass is 16.5. The normalized spacial score (nSPS) is 19.4. The standard InChI is InChI=1S/C12H13NO3/c14-8-9-4-1-2-6-11(9)16-12(15)10-5-3-7-13-10/h1-2,4,6,8,10,13H,3,5,7H2/t10-/m0/s1. The Morgan fingerprint density at radius 3 is 2.94 bits per heavy atom. The molecule has 84 valence electrons. The first-order valence-electron chi connectivity index (χ1n) is 5.30. The van der Waals surface area contributed by atoms with Crippen LogP contribution in [0.3, 0.4) is 0 Å².